The lowest BCUT2D eigenvalue weighted by Gasteiger charge is -2.15. The Bertz CT molecular complexity index is 209. The van der Waals surface area contributed by atoms with Crippen molar-refractivity contribution in [3.05, 3.63) is 11.6 Å². The van der Waals surface area contributed by atoms with E-state index in [2.05, 4.69) is 19.2 Å². The van der Waals surface area contributed by atoms with Crippen molar-refractivity contribution in [2.75, 3.05) is 6.54 Å². The summed E-state index contributed by atoms with van der Waals surface area (Å²) >= 11 is 0. The van der Waals surface area contributed by atoms with Crippen molar-refractivity contribution < 1.29 is 4.79 Å². The predicted molar refractivity (Wildman–Crippen MR) is 65.7 cm³/mol. The van der Waals surface area contributed by atoms with Crippen LogP contribution in [0.1, 0.15) is 53.4 Å². The van der Waals surface area contributed by atoms with Crippen LogP contribution in [0.5, 0.6) is 0 Å². The van der Waals surface area contributed by atoms with Crippen LogP contribution in [0.25, 0.3) is 0 Å². The van der Waals surface area contributed by atoms with Gasteiger partial charge in [0.2, 0.25) is 5.91 Å². The summed E-state index contributed by atoms with van der Waals surface area (Å²) in [6.07, 6.45) is 6.72. The SMILES string of the molecule is CC=C(C)C(=O)NCC(CC)CCCC. The van der Waals surface area contributed by atoms with Crippen molar-refractivity contribution in [2.45, 2.75) is 53.4 Å². The number of hydrogen-bond acceptors (Lipinski definition) is 1. The summed E-state index contributed by atoms with van der Waals surface area (Å²) in [5.74, 6) is 0.714. The van der Waals surface area contributed by atoms with Crippen LogP contribution < -0.4 is 5.32 Å². The van der Waals surface area contributed by atoms with E-state index >= 15 is 0 Å². The molecule has 0 fully saturated rings. The Morgan fingerprint density at radius 2 is 2.07 bits per heavy atom. The highest BCUT2D eigenvalue weighted by Crippen LogP contribution is 2.11. The largest absolute Gasteiger partial charge is 0.352 e. The lowest BCUT2D eigenvalue weighted by atomic mass is 9.99. The maximum Gasteiger partial charge on any atom is 0.246 e. The summed E-state index contributed by atoms with van der Waals surface area (Å²) in [5.41, 5.74) is 0.806. The molecule has 2 nitrogen and oxygen atoms in total. The molecule has 15 heavy (non-hydrogen) atoms. The number of amides is 1. The Morgan fingerprint density at radius 3 is 2.53 bits per heavy atom. The number of carbonyl (C=O) groups excluding carboxylic acids is 1. The molecule has 0 aliphatic heterocycles. The fourth-order valence-corrected chi connectivity index (χ4v) is 1.45. The van der Waals surface area contributed by atoms with Gasteiger partial charge in [-0.15, -0.1) is 0 Å². The minimum Gasteiger partial charge on any atom is -0.352 e. The topological polar surface area (TPSA) is 29.1 Å². The molecule has 0 saturated heterocycles. The molecule has 0 heterocycles. The van der Waals surface area contributed by atoms with Crippen LogP contribution in [0.2, 0.25) is 0 Å². The molecule has 1 amide bonds. The molecule has 0 rings (SSSR count). The normalized spacial score (nSPS) is 13.7. The third-order valence-corrected chi connectivity index (χ3v) is 2.89. The minimum absolute atomic E-state index is 0.0763. The van der Waals surface area contributed by atoms with Crippen LogP contribution in [-0.2, 0) is 4.79 Å². The number of rotatable bonds is 7. The summed E-state index contributed by atoms with van der Waals surface area (Å²) in [7, 11) is 0. The van der Waals surface area contributed by atoms with E-state index in [1.54, 1.807) is 0 Å². The number of unbranched alkanes of at least 4 members (excludes halogenated alkanes) is 1. The van der Waals surface area contributed by atoms with E-state index in [-0.39, 0.29) is 5.91 Å². The van der Waals surface area contributed by atoms with Crippen LogP contribution in [0, 0.1) is 5.92 Å². The van der Waals surface area contributed by atoms with Crippen molar-refractivity contribution in [2.24, 2.45) is 5.92 Å². The molecule has 0 saturated carbocycles. The Labute approximate surface area is 94.1 Å². The Balaban J connectivity index is 3.84. The first-order valence-electron chi connectivity index (χ1n) is 6.06. The van der Waals surface area contributed by atoms with Crippen molar-refractivity contribution in [1.29, 1.82) is 0 Å². The van der Waals surface area contributed by atoms with E-state index in [1.807, 2.05) is 19.9 Å². The summed E-state index contributed by atoms with van der Waals surface area (Å²) in [5, 5.41) is 2.99. The summed E-state index contributed by atoms with van der Waals surface area (Å²) < 4.78 is 0. The Kier molecular flexibility index (Phi) is 8.06. The van der Waals surface area contributed by atoms with Gasteiger partial charge in [-0.25, -0.2) is 0 Å². The lowest BCUT2D eigenvalue weighted by molar-refractivity contribution is -0.117. The molecule has 1 atom stereocenters. The number of hydrogen-bond donors (Lipinski definition) is 1. The van der Waals surface area contributed by atoms with Gasteiger partial charge in [-0.05, 0) is 26.2 Å². The average Bonchev–Trinajstić information content (AvgIpc) is 2.27. The Hall–Kier alpha value is -0.790. The molecule has 1 unspecified atom stereocenters. The highest BCUT2D eigenvalue weighted by Gasteiger charge is 2.08. The third kappa shape index (κ3) is 6.32. The number of nitrogens with one attached hydrogen (secondary N) is 1. The van der Waals surface area contributed by atoms with Crippen molar-refractivity contribution >= 4 is 5.91 Å². The van der Waals surface area contributed by atoms with Crippen LogP contribution in [0.4, 0.5) is 0 Å². The molecular formula is C13H25NO. The fraction of sp³-hybridized carbons (Fsp3) is 0.769. The van der Waals surface area contributed by atoms with Crippen molar-refractivity contribution in [3.8, 4) is 0 Å². The molecule has 2 heteroatoms. The molecule has 0 spiro atoms. The Morgan fingerprint density at radius 1 is 1.40 bits per heavy atom. The van der Waals surface area contributed by atoms with Gasteiger partial charge < -0.3 is 5.32 Å². The highest BCUT2D eigenvalue weighted by molar-refractivity contribution is 5.92. The standard InChI is InChI=1S/C13H25NO/c1-5-8-9-12(7-3)10-14-13(15)11(4)6-2/h6,12H,5,7-10H2,1-4H3,(H,14,15). The second kappa shape index (κ2) is 8.51. The molecule has 0 radical (unpaired) electrons. The maximum absolute atomic E-state index is 11.5. The summed E-state index contributed by atoms with van der Waals surface area (Å²) in [6, 6.07) is 0. The zero-order valence-electron chi connectivity index (χ0n) is 10.6. The zero-order valence-corrected chi connectivity index (χ0v) is 10.6. The van der Waals surface area contributed by atoms with Gasteiger partial charge in [0.1, 0.15) is 0 Å². The molecule has 0 aromatic carbocycles. The second-order valence-corrected chi connectivity index (χ2v) is 4.10. The highest BCUT2D eigenvalue weighted by atomic mass is 16.1. The van der Waals surface area contributed by atoms with Crippen LogP contribution in [-0.4, -0.2) is 12.5 Å². The van der Waals surface area contributed by atoms with Crippen LogP contribution >= 0.6 is 0 Å². The quantitative estimate of drug-likeness (QED) is 0.643. The first-order valence-corrected chi connectivity index (χ1v) is 6.06. The summed E-state index contributed by atoms with van der Waals surface area (Å²) in [4.78, 5) is 11.5. The van der Waals surface area contributed by atoms with E-state index in [4.69, 9.17) is 0 Å². The smallest absolute Gasteiger partial charge is 0.246 e. The zero-order chi connectivity index (χ0) is 11.7. The number of allylic oxidation sites excluding steroid dienone is 1. The average molecular weight is 211 g/mol. The lowest BCUT2D eigenvalue weighted by Crippen LogP contribution is -2.29. The van der Waals surface area contributed by atoms with Gasteiger partial charge in [0.25, 0.3) is 0 Å². The van der Waals surface area contributed by atoms with Gasteiger partial charge in [0, 0.05) is 12.1 Å². The molecular weight excluding hydrogens is 186 g/mol. The molecule has 0 aliphatic rings. The van der Waals surface area contributed by atoms with Crippen molar-refractivity contribution in [3.63, 3.8) is 0 Å². The van der Waals surface area contributed by atoms with Crippen LogP contribution in [0.15, 0.2) is 11.6 Å². The van der Waals surface area contributed by atoms with Gasteiger partial charge in [0.05, 0.1) is 0 Å². The minimum atomic E-state index is 0.0763. The van der Waals surface area contributed by atoms with Crippen molar-refractivity contribution in [1.82, 2.24) is 5.32 Å². The van der Waals surface area contributed by atoms with Gasteiger partial charge >= 0.3 is 0 Å². The van der Waals surface area contributed by atoms with E-state index < -0.39 is 0 Å². The monoisotopic (exact) mass is 211 g/mol. The number of carbonyl (C=O) groups is 1. The fourth-order valence-electron chi connectivity index (χ4n) is 1.45. The van der Waals surface area contributed by atoms with Gasteiger partial charge in [0.15, 0.2) is 0 Å². The first kappa shape index (κ1) is 14.2. The summed E-state index contributed by atoms with van der Waals surface area (Å²) in [6.45, 7) is 8.95. The molecule has 1 N–H and O–H groups in total. The van der Waals surface area contributed by atoms with Gasteiger partial charge in [-0.2, -0.15) is 0 Å². The van der Waals surface area contributed by atoms with Gasteiger partial charge in [-0.1, -0.05) is 39.2 Å². The molecule has 0 aromatic rings. The van der Waals surface area contributed by atoms with E-state index in [9.17, 15) is 4.79 Å². The second-order valence-electron chi connectivity index (χ2n) is 4.10. The van der Waals surface area contributed by atoms with Crippen LogP contribution in [0.3, 0.4) is 0 Å². The molecule has 0 bridgehead atoms. The molecule has 88 valence electrons. The van der Waals surface area contributed by atoms with E-state index in [0.717, 1.165) is 18.5 Å². The molecule has 0 aromatic heterocycles. The van der Waals surface area contributed by atoms with Gasteiger partial charge in [-0.3, -0.25) is 4.79 Å². The molecule has 0 aliphatic carbocycles. The third-order valence-electron chi connectivity index (χ3n) is 2.89. The van der Waals surface area contributed by atoms with E-state index in [1.165, 1.54) is 19.3 Å². The predicted octanol–water partition coefficient (Wildman–Crippen LogP) is 3.29. The van der Waals surface area contributed by atoms with E-state index in [0.29, 0.717) is 5.92 Å². The first-order chi connectivity index (χ1) is 7.15. The maximum atomic E-state index is 11.5.